The smallest absolute Gasteiger partial charge is 0.251 e. The van der Waals surface area contributed by atoms with Crippen molar-refractivity contribution in [3.05, 3.63) is 0 Å². The lowest BCUT2D eigenvalue weighted by molar-refractivity contribution is -0.127. The monoisotopic (exact) mass is 265 g/mol. The molecule has 3 N–H and O–H groups in total. The van der Waals surface area contributed by atoms with Crippen molar-refractivity contribution in [3.63, 3.8) is 0 Å². The number of alkyl halides is 2. The Morgan fingerprint density at radius 2 is 2.00 bits per heavy atom. The summed E-state index contributed by atoms with van der Waals surface area (Å²) in [6, 6.07) is -0.516. The van der Waals surface area contributed by atoms with Crippen molar-refractivity contribution in [3.8, 4) is 0 Å². The van der Waals surface area contributed by atoms with Crippen molar-refractivity contribution < 1.29 is 13.6 Å². The van der Waals surface area contributed by atoms with Gasteiger partial charge in [0.2, 0.25) is 5.91 Å². The second-order valence-electron chi connectivity index (χ2n) is 4.55. The number of nitrogens with one attached hydrogen (secondary N) is 1. The van der Waals surface area contributed by atoms with Crippen molar-refractivity contribution in [2.75, 3.05) is 19.6 Å². The summed E-state index contributed by atoms with van der Waals surface area (Å²) in [6.45, 7) is 5.70. The van der Waals surface area contributed by atoms with Crippen LogP contribution in [-0.2, 0) is 4.79 Å². The second-order valence-corrected chi connectivity index (χ2v) is 4.55. The van der Waals surface area contributed by atoms with E-state index in [9.17, 15) is 13.6 Å². The van der Waals surface area contributed by atoms with E-state index >= 15 is 0 Å². The third-order valence-corrected chi connectivity index (χ3v) is 2.83. The van der Waals surface area contributed by atoms with Crippen LogP contribution < -0.4 is 11.1 Å². The largest absolute Gasteiger partial charge is 0.352 e. The summed E-state index contributed by atoms with van der Waals surface area (Å²) in [5.74, 6) is -0.218. The first-order chi connectivity index (χ1) is 8.42. The van der Waals surface area contributed by atoms with Gasteiger partial charge < -0.3 is 11.1 Å². The molecule has 2 unspecified atom stereocenters. The molecular weight excluding hydrogens is 240 g/mol. The van der Waals surface area contributed by atoms with Gasteiger partial charge in [-0.15, -0.1) is 0 Å². The minimum Gasteiger partial charge on any atom is -0.352 e. The molecule has 4 nitrogen and oxygen atoms in total. The first-order valence-corrected chi connectivity index (χ1v) is 6.45. The van der Waals surface area contributed by atoms with Gasteiger partial charge in [0.1, 0.15) is 0 Å². The molecule has 2 atom stereocenters. The molecule has 0 spiro atoms. The number of halogens is 2. The van der Waals surface area contributed by atoms with Gasteiger partial charge >= 0.3 is 0 Å². The Morgan fingerprint density at radius 1 is 1.39 bits per heavy atom. The molecule has 0 aromatic carbocycles. The van der Waals surface area contributed by atoms with Crippen LogP contribution in [0.15, 0.2) is 0 Å². The van der Waals surface area contributed by atoms with Gasteiger partial charge in [-0.1, -0.05) is 13.3 Å². The molecule has 0 saturated carbocycles. The molecule has 0 bridgehead atoms. The van der Waals surface area contributed by atoms with Gasteiger partial charge in [0.15, 0.2) is 0 Å². The summed E-state index contributed by atoms with van der Waals surface area (Å²) in [5, 5.41) is 2.83. The first kappa shape index (κ1) is 17.2. The lowest BCUT2D eigenvalue weighted by Gasteiger charge is -2.28. The van der Waals surface area contributed by atoms with Crippen LogP contribution in [0, 0.1) is 0 Å². The summed E-state index contributed by atoms with van der Waals surface area (Å²) in [6.07, 6.45) is -0.608. The Kier molecular flexibility index (Phi) is 8.83. The molecule has 0 saturated heterocycles. The van der Waals surface area contributed by atoms with Crippen LogP contribution in [0.1, 0.15) is 33.6 Å². The van der Waals surface area contributed by atoms with E-state index in [2.05, 4.69) is 5.32 Å². The predicted octanol–water partition coefficient (Wildman–Crippen LogP) is 1.21. The summed E-state index contributed by atoms with van der Waals surface area (Å²) < 4.78 is 24.8. The maximum absolute atomic E-state index is 12.4. The van der Waals surface area contributed by atoms with Crippen molar-refractivity contribution in [2.45, 2.75) is 52.1 Å². The number of nitrogens with zero attached hydrogens (tertiary/aromatic N) is 1. The molecule has 0 aromatic rings. The number of carbonyl (C=O) groups excluding carboxylic acids is 1. The summed E-state index contributed by atoms with van der Waals surface area (Å²) >= 11 is 0. The third-order valence-electron chi connectivity index (χ3n) is 2.83. The molecule has 18 heavy (non-hydrogen) atoms. The highest BCUT2D eigenvalue weighted by Crippen LogP contribution is 2.05. The van der Waals surface area contributed by atoms with Gasteiger partial charge in [0, 0.05) is 19.1 Å². The van der Waals surface area contributed by atoms with E-state index < -0.39 is 19.0 Å². The molecule has 0 aromatic heterocycles. The fourth-order valence-corrected chi connectivity index (χ4v) is 1.82. The predicted molar refractivity (Wildman–Crippen MR) is 68.6 cm³/mol. The molecule has 0 heterocycles. The van der Waals surface area contributed by atoms with E-state index in [4.69, 9.17) is 5.73 Å². The number of nitrogens with two attached hydrogens (primary N) is 1. The summed E-state index contributed by atoms with van der Waals surface area (Å²) in [5.41, 5.74) is 5.37. The highest BCUT2D eigenvalue weighted by molar-refractivity contribution is 5.81. The fourth-order valence-electron chi connectivity index (χ4n) is 1.82. The fraction of sp³-hybridized carbons (Fsp3) is 0.917. The maximum Gasteiger partial charge on any atom is 0.251 e. The standard InChI is InChI=1S/C12H25F2N3O/c1-4-5-9(2)16-12(18)10(3)17(7-6-15)8-11(13)14/h9-11H,4-8,15H2,1-3H3,(H,16,18). The van der Waals surface area contributed by atoms with Crippen LogP contribution in [0.5, 0.6) is 0 Å². The zero-order valence-electron chi connectivity index (χ0n) is 11.5. The quantitative estimate of drug-likeness (QED) is 0.659. The second kappa shape index (κ2) is 9.22. The molecule has 0 radical (unpaired) electrons. The van der Waals surface area contributed by atoms with E-state index in [1.54, 1.807) is 6.92 Å². The van der Waals surface area contributed by atoms with Crippen LogP contribution in [0.4, 0.5) is 8.78 Å². The highest BCUT2D eigenvalue weighted by atomic mass is 19.3. The average Bonchev–Trinajstić information content (AvgIpc) is 2.27. The van der Waals surface area contributed by atoms with Crippen molar-refractivity contribution >= 4 is 5.91 Å². The van der Waals surface area contributed by atoms with Gasteiger partial charge in [0.05, 0.1) is 12.6 Å². The molecular formula is C12H25F2N3O. The van der Waals surface area contributed by atoms with E-state index in [-0.39, 0.29) is 18.5 Å². The molecule has 0 aliphatic carbocycles. The van der Waals surface area contributed by atoms with Crippen molar-refractivity contribution in [1.29, 1.82) is 0 Å². The van der Waals surface area contributed by atoms with Gasteiger partial charge in [0.25, 0.3) is 6.43 Å². The average molecular weight is 265 g/mol. The number of rotatable bonds is 9. The van der Waals surface area contributed by atoms with Gasteiger partial charge in [-0.2, -0.15) is 0 Å². The van der Waals surface area contributed by atoms with Crippen LogP contribution in [0.25, 0.3) is 0 Å². The Morgan fingerprint density at radius 3 is 2.44 bits per heavy atom. The molecule has 0 aliphatic heterocycles. The number of carbonyl (C=O) groups is 1. The first-order valence-electron chi connectivity index (χ1n) is 6.45. The highest BCUT2D eigenvalue weighted by Gasteiger charge is 2.24. The van der Waals surface area contributed by atoms with E-state index in [1.807, 2.05) is 13.8 Å². The molecule has 1 amide bonds. The van der Waals surface area contributed by atoms with Crippen LogP contribution in [0.2, 0.25) is 0 Å². The number of amides is 1. The Balaban J connectivity index is 4.36. The van der Waals surface area contributed by atoms with Crippen LogP contribution >= 0.6 is 0 Å². The topological polar surface area (TPSA) is 58.4 Å². The van der Waals surface area contributed by atoms with Gasteiger partial charge in [-0.05, 0) is 20.3 Å². The van der Waals surface area contributed by atoms with E-state index in [0.717, 1.165) is 12.8 Å². The van der Waals surface area contributed by atoms with Crippen LogP contribution in [0.3, 0.4) is 0 Å². The molecule has 0 aliphatic rings. The van der Waals surface area contributed by atoms with Crippen molar-refractivity contribution in [2.24, 2.45) is 5.73 Å². The van der Waals surface area contributed by atoms with Crippen molar-refractivity contribution in [1.82, 2.24) is 10.2 Å². The molecule has 6 heteroatoms. The molecule has 108 valence electrons. The Labute approximate surface area is 108 Å². The lowest BCUT2D eigenvalue weighted by Crippen LogP contribution is -2.50. The van der Waals surface area contributed by atoms with E-state index in [0.29, 0.717) is 6.54 Å². The van der Waals surface area contributed by atoms with Crippen LogP contribution in [-0.4, -0.2) is 49.0 Å². The number of hydrogen-bond donors (Lipinski definition) is 2. The zero-order chi connectivity index (χ0) is 14.1. The van der Waals surface area contributed by atoms with E-state index in [1.165, 1.54) is 4.90 Å². The molecule has 0 fully saturated rings. The third kappa shape index (κ3) is 6.86. The Hall–Kier alpha value is -0.750. The Bertz CT molecular complexity index is 239. The summed E-state index contributed by atoms with van der Waals surface area (Å²) in [7, 11) is 0. The minimum atomic E-state index is -2.46. The molecule has 0 rings (SSSR count). The number of hydrogen-bond acceptors (Lipinski definition) is 3. The minimum absolute atomic E-state index is 0.0660. The van der Waals surface area contributed by atoms with Gasteiger partial charge in [-0.25, -0.2) is 8.78 Å². The maximum atomic E-state index is 12.4. The zero-order valence-corrected chi connectivity index (χ0v) is 11.5. The normalized spacial score (nSPS) is 14.9. The van der Waals surface area contributed by atoms with Gasteiger partial charge in [-0.3, -0.25) is 9.69 Å². The lowest BCUT2D eigenvalue weighted by atomic mass is 10.1. The SMILES string of the molecule is CCCC(C)NC(=O)C(C)N(CCN)CC(F)F. The summed E-state index contributed by atoms with van der Waals surface area (Å²) in [4.78, 5) is 13.3.